The number of unbranched alkanes of at least 4 members (excludes halogenated alkanes) is 4. The van der Waals surface area contributed by atoms with Crippen LogP contribution in [0.25, 0.3) is 11.1 Å². The van der Waals surface area contributed by atoms with Crippen molar-refractivity contribution in [2.24, 2.45) is 0 Å². The molecule has 0 unspecified atom stereocenters. The molecule has 208 valence electrons. The summed E-state index contributed by atoms with van der Waals surface area (Å²) in [5, 5.41) is 0. The molecular weight excluding hydrogens is 479 g/mol. The Balaban J connectivity index is 1.46. The molecule has 5 heteroatoms. The summed E-state index contributed by atoms with van der Waals surface area (Å²) in [6, 6.07) is 16.2. The Bertz CT molecular complexity index is 977. The molecule has 0 aliphatic heterocycles. The average Bonchev–Trinajstić information content (AvgIpc) is 2.94. The molecule has 0 N–H and O–H groups in total. The van der Waals surface area contributed by atoms with Crippen LogP contribution in [0.5, 0.6) is 0 Å². The molecule has 0 bridgehead atoms. The Kier molecular flexibility index (Phi) is 12.3. The predicted molar refractivity (Wildman–Crippen MR) is 151 cm³/mol. The van der Waals surface area contributed by atoms with Gasteiger partial charge in [0.15, 0.2) is 6.17 Å². The first-order valence-electron chi connectivity index (χ1n) is 14.7. The fraction of sp³-hybridized carbons (Fsp3) is 0.576. The zero-order chi connectivity index (χ0) is 27.3. The Hall–Kier alpha value is -2.69. The van der Waals surface area contributed by atoms with Crippen LogP contribution in [0.4, 0.5) is 4.39 Å². The molecule has 0 spiro atoms. The molecule has 0 aromatic heterocycles. The molecule has 0 heterocycles. The van der Waals surface area contributed by atoms with Crippen molar-refractivity contribution in [1.82, 2.24) is 0 Å². The van der Waals surface area contributed by atoms with Gasteiger partial charge in [0.05, 0.1) is 11.7 Å². The topological polar surface area (TPSA) is 52.6 Å². The largest absolute Gasteiger partial charge is 0.460 e. The third-order valence-electron chi connectivity index (χ3n) is 7.63. The summed E-state index contributed by atoms with van der Waals surface area (Å²) >= 11 is 0. The van der Waals surface area contributed by atoms with Crippen LogP contribution in [-0.2, 0) is 14.3 Å². The Morgan fingerprint density at radius 1 is 0.816 bits per heavy atom. The number of halogens is 1. The number of esters is 2. The van der Waals surface area contributed by atoms with Crippen LogP contribution < -0.4 is 0 Å². The number of rotatable bonds is 14. The van der Waals surface area contributed by atoms with Crippen molar-refractivity contribution < 1.29 is 23.5 Å². The lowest BCUT2D eigenvalue weighted by atomic mass is 9.82. The normalized spacial score (nSPS) is 18.9. The van der Waals surface area contributed by atoms with E-state index in [4.69, 9.17) is 9.47 Å². The number of ether oxygens (including phenoxy) is 2. The second-order valence-electron chi connectivity index (χ2n) is 10.8. The molecule has 3 rings (SSSR count). The van der Waals surface area contributed by atoms with Crippen LogP contribution in [0.1, 0.15) is 120 Å². The third-order valence-corrected chi connectivity index (χ3v) is 7.63. The first kappa shape index (κ1) is 29.9. The quantitative estimate of drug-likeness (QED) is 0.183. The molecular formula is C33H45FO4. The number of benzene rings is 2. The van der Waals surface area contributed by atoms with E-state index in [9.17, 15) is 14.0 Å². The summed E-state index contributed by atoms with van der Waals surface area (Å²) in [5.74, 6) is -0.539. The van der Waals surface area contributed by atoms with Crippen LogP contribution in [0, 0.1) is 0 Å². The third kappa shape index (κ3) is 9.25. The summed E-state index contributed by atoms with van der Waals surface area (Å²) < 4.78 is 25.0. The van der Waals surface area contributed by atoms with Crippen molar-refractivity contribution in [3.63, 3.8) is 0 Å². The zero-order valence-electron chi connectivity index (χ0n) is 23.4. The van der Waals surface area contributed by atoms with Crippen molar-refractivity contribution >= 4 is 11.9 Å². The fourth-order valence-corrected chi connectivity index (χ4v) is 5.17. The van der Waals surface area contributed by atoms with Crippen LogP contribution in [0.15, 0.2) is 48.5 Å². The van der Waals surface area contributed by atoms with Gasteiger partial charge in [-0.25, -0.2) is 14.0 Å². The predicted octanol–water partition coefficient (Wildman–Crippen LogP) is 8.97. The smallest absolute Gasteiger partial charge is 0.340 e. The highest BCUT2D eigenvalue weighted by atomic mass is 19.1. The fourth-order valence-electron chi connectivity index (χ4n) is 5.17. The molecule has 1 fully saturated rings. The Morgan fingerprint density at radius 2 is 1.42 bits per heavy atom. The van der Waals surface area contributed by atoms with E-state index < -0.39 is 12.1 Å². The SMILES string of the molecule is CCCCCC[C@@H](C)OC(=O)c1ccc(-c2ccc([C@H]3CC[C@H](OC(=O)[C@@H](F)CCCC)CC3)cc2)cc1. The minimum Gasteiger partial charge on any atom is -0.460 e. The van der Waals surface area contributed by atoms with E-state index in [-0.39, 0.29) is 24.6 Å². The maximum Gasteiger partial charge on any atom is 0.340 e. The second-order valence-corrected chi connectivity index (χ2v) is 10.8. The van der Waals surface area contributed by atoms with Gasteiger partial charge >= 0.3 is 11.9 Å². The van der Waals surface area contributed by atoms with Crippen molar-refractivity contribution in [3.05, 3.63) is 59.7 Å². The molecule has 38 heavy (non-hydrogen) atoms. The molecule has 0 amide bonds. The van der Waals surface area contributed by atoms with Gasteiger partial charge in [0.25, 0.3) is 0 Å². The van der Waals surface area contributed by atoms with Gasteiger partial charge in [-0.15, -0.1) is 0 Å². The lowest BCUT2D eigenvalue weighted by Gasteiger charge is -2.29. The summed E-state index contributed by atoms with van der Waals surface area (Å²) in [7, 11) is 0. The minimum atomic E-state index is -1.50. The van der Waals surface area contributed by atoms with E-state index in [1.807, 2.05) is 38.1 Å². The number of hydrogen-bond donors (Lipinski definition) is 0. The van der Waals surface area contributed by atoms with Crippen molar-refractivity contribution in [2.75, 3.05) is 0 Å². The number of carbonyl (C=O) groups excluding carboxylic acids is 2. The van der Waals surface area contributed by atoms with Crippen LogP contribution in [0.2, 0.25) is 0 Å². The van der Waals surface area contributed by atoms with Crippen molar-refractivity contribution in [1.29, 1.82) is 0 Å². The van der Waals surface area contributed by atoms with E-state index in [1.54, 1.807) is 0 Å². The highest BCUT2D eigenvalue weighted by Crippen LogP contribution is 2.35. The molecule has 1 aliphatic rings. The Morgan fingerprint density at radius 3 is 2.03 bits per heavy atom. The highest BCUT2D eigenvalue weighted by molar-refractivity contribution is 5.90. The number of carbonyl (C=O) groups is 2. The zero-order valence-corrected chi connectivity index (χ0v) is 23.4. The average molecular weight is 525 g/mol. The summed E-state index contributed by atoms with van der Waals surface area (Å²) in [6.07, 6.45) is 9.08. The van der Waals surface area contributed by atoms with Gasteiger partial charge in [-0.2, -0.15) is 0 Å². The number of hydrogen-bond acceptors (Lipinski definition) is 4. The Labute approximate surface area is 228 Å². The molecule has 2 aromatic carbocycles. The molecule has 4 nitrogen and oxygen atoms in total. The van der Waals surface area contributed by atoms with Gasteiger partial charge in [-0.1, -0.05) is 82.3 Å². The van der Waals surface area contributed by atoms with Gasteiger partial charge in [0, 0.05) is 0 Å². The molecule has 0 radical (unpaired) electrons. The van der Waals surface area contributed by atoms with Gasteiger partial charge in [-0.3, -0.25) is 0 Å². The van der Waals surface area contributed by atoms with E-state index in [2.05, 4.69) is 31.2 Å². The molecule has 0 saturated heterocycles. The van der Waals surface area contributed by atoms with Gasteiger partial charge in [-0.05, 0) is 86.6 Å². The van der Waals surface area contributed by atoms with Crippen LogP contribution in [-0.4, -0.2) is 30.3 Å². The highest BCUT2D eigenvalue weighted by Gasteiger charge is 2.27. The maximum absolute atomic E-state index is 13.9. The van der Waals surface area contributed by atoms with Gasteiger partial charge < -0.3 is 9.47 Å². The van der Waals surface area contributed by atoms with Gasteiger partial charge in [0.2, 0.25) is 0 Å². The maximum atomic E-state index is 13.9. The molecule has 2 atom stereocenters. The summed E-state index contributed by atoms with van der Waals surface area (Å²) in [5.41, 5.74) is 4.01. The van der Waals surface area contributed by atoms with Crippen LogP contribution >= 0.6 is 0 Å². The molecule has 1 aliphatic carbocycles. The van der Waals surface area contributed by atoms with E-state index in [0.717, 1.165) is 56.1 Å². The minimum absolute atomic E-state index is 0.0694. The van der Waals surface area contributed by atoms with Crippen molar-refractivity contribution in [2.45, 2.75) is 122 Å². The van der Waals surface area contributed by atoms with E-state index in [1.165, 1.54) is 24.8 Å². The first-order chi connectivity index (χ1) is 18.4. The lowest BCUT2D eigenvalue weighted by molar-refractivity contribution is -0.157. The first-order valence-corrected chi connectivity index (χ1v) is 14.7. The standard InChI is InChI=1S/C33H45FO4/c1-4-6-8-9-10-24(3)37-32(35)29-18-16-27(17-19-29)25-12-14-26(15-13-25)28-20-22-30(23-21-28)38-33(36)31(34)11-7-5-2/h12-19,24,28,30-31H,4-11,20-23H2,1-3H3/t24-,28-,30-,31+/m1/s1. The summed E-state index contributed by atoms with van der Waals surface area (Å²) in [4.78, 5) is 24.5. The number of alkyl halides is 1. The van der Waals surface area contributed by atoms with E-state index >= 15 is 0 Å². The second kappa shape index (κ2) is 15.7. The molecule has 1 saturated carbocycles. The molecule has 2 aromatic rings. The summed E-state index contributed by atoms with van der Waals surface area (Å²) in [6.45, 7) is 6.14. The van der Waals surface area contributed by atoms with Crippen molar-refractivity contribution in [3.8, 4) is 11.1 Å². The van der Waals surface area contributed by atoms with E-state index in [0.29, 0.717) is 17.9 Å². The van der Waals surface area contributed by atoms with Gasteiger partial charge in [0.1, 0.15) is 6.10 Å². The monoisotopic (exact) mass is 524 g/mol. The van der Waals surface area contributed by atoms with Crippen LogP contribution in [0.3, 0.4) is 0 Å². The lowest BCUT2D eigenvalue weighted by Crippen LogP contribution is -2.28.